The van der Waals surface area contributed by atoms with Gasteiger partial charge in [0.25, 0.3) is 11.7 Å². The van der Waals surface area contributed by atoms with Crippen molar-refractivity contribution >= 4 is 33.3 Å². The number of carbonyl (C=O) groups excluding carboxylic acids is 2. The van der Waals surface area contributed by atoms with Crippen LogP contribution in [-0.2, 0) is 18.4 Å². The van der Waals surface area contributed by atoms with E-state index in [1.54, 1.807) is 25.2 Å². The molecule has 0 unspecified atom stereocenters. The molecule has 1 aliphatic heterocycles. The van der Waals surface area contributed by atoms with Gasteiger partial charge in [0.2, 0.25) is 0 Å². The summed E-state index contributed by atoms with van der Waals surface area (Å²) in [6.07, 6.45) is 0. The van der Waals surface area contributed by atoms with Gasteiger partial charge in [0.05, 0.1) is 24.8 Å². The number of tetrazole rings is 1. The van der Waals surface area contributed by atoms with Crippen LogP contribution < -0.4 is 4.90 Å². The van der Waals surface area contributed by atoms with Gasteiger partial charge < -0.3 is 0 Å². The average molecular weight is 322 g/mol. The number of ketones is 1. The van der Waals surface area contributed by atoms with Crippen molar-refractivity contribution in [2.75, 3.05) is 4.90 Å². The first-order chi connectivity index (χ1) is 9.06. The summed E-state index contributed by atoms with van der Waals surface area (Å²) in [5.74, 6) is -0.694. The van der Waals surface area contributed by atoms with Gasteiger partial charge in [-0.3, -0.25) is 14.5 Å². The SMILES string of the molecule is Cn1nnc(CN2C(=O)C(=O)c3cc(Br)ccc32)n1. The molecule has 1 aromatic heterocycles. The summed E-state index contributed by atoms with van der Waals surface area (Å²) in [6.45, 7) is 0.132. The van der Waals surface area contributed by atoms with Gasteiger partial charge in [0, 0.05) is 4.47 Å². The van der Waals surface area contributed by atoms with Gasteiger partial charge in [0.1, 0.15) is 0 Å². The highest BCUT2D eigenvalue weighted by molar-refractivity contribution is 9.10. The quantitative estimate of drug-likeness (QED) is 0.761. The molecule has 0 aliphatic carbocycles. The number of nitrogens with zero attached hydrogens (tertiary/aromatic N) is 5. The Balaban J connectivity index is 1.99. The van der Waals surface area contributed by atoms with Gasteiger partial charge in [-0.05, 0) is 23.4 Å². The average Bonchev–Trinajstić information content (AvgIpc) is 2.88. The molecule has 3 rings (SSSR count). The predicted molar refractivity (Wildman–Crippen MR) is 68.5 cm³/mol. The number of amides is 1. The number of hydrogen-bond donors (Lipinski definition) is 0. The van der Waals surface area contributed by atoms with Gasteiger partial charge in [-0.15, -0.1) is 10.2 Å². The molecule has 0 bridgehead atoms. The first-order valence-electron chi connectivity index (χ1n) is 5.45. The summed E-state index contributed by atoms with van der Waals surface area (Å²) in [5.41, 5.74) is 0.967. The summed E-state index contributed by atoms with van der Waals surface area (Å²) in [5, 5.41) is 11.5. The number of rotatable bonds is 2. The van der Waals surface area contributed by atoms with Crippen LogP contribution in [0.25, 0.3) is 0 Å². The van der Waals surface area contributed by atoms with E-state index in [2.05, 4.69) is 31.3 Å². The van der Waals surface area contributed by atoms with E-state index in [-0.39, 0.29) is 6.54 Å². The molecule has 1 aliphatic rings. The molecule has 0 N–H and O–H groups in total. The first-order valence-corrected chi connectivity index (χ1v) is 6.24. The minimum atomic E-state index is -0.569. The lowest BCUT2D eigenvalue weighted by atomic mass is 10.1. The molecule has 8 heteroatoms. The molecule has 0 fully saturated rings. The van der Waals surface area contributed by atoms with Crippen molar-refractivity contribution in [1.82, 2.24) is 20.2 Å². The minimum absolute atomic E-state index is 0.132. The summed E-state index contributed by atoms with van der Waals surface area (Å²) < 4.78 is 0.756. The van der Waals surface area contributed by atoms with Gasteiger partial charge in [-0.1, -0.05) is 15.9 Å². The Labute approximate surface area is 116 Å². The highest BCUT2D eigenvalue weighted by Gasteiger charge is 2.36. The Kier molecular flexibility index (Phi) is 2.67. The molecular weight excluding hydrogens is 314 g/mol. The highest BCUT2D eigenvalue weighted by Crippen LogP contribution is 2.31. The fraction of sp³-hybridized carbons (Fsp3) is 0.182. The molecule has 0 saturated carbocycles. The summed E-state index contributed by atoms with van der Waals surface area (Å²) in [6, 6.07) is 5.14. The molecule has 19 heavy (non-hydrogen) atoms. The smallest absolute Gasteiger partial charge is 0.297 e. The minimum Gasteiger partial charge on any atom is -0.297 e. The van der Waals surface area contributed by atoms with Crippen LogP contribution in [0.3, 0.4) is 0 Å². The zero-order chi connectivity index (χ0) is 13.6. The summed E-state index contributed by atoms with van der Waals surface area (Å²) in [4.78, 5) is 26.5. The molecule has 2 heterocycles. The van der Waals surface area contributed by atoms with Gasteiger partial charge in [-0.2, -0.15) is 4.80 Å². The Morgan fingerprint density at radius 2 is 2.11 bits per heavy atom. The van der Waals surface area contributed by atoms with Gasteiger partial charge >= 0.3 is 0 Å². The number of benzene rings is 1. The van der Waals surface area contributed by atoms with Crippen LogP contribution >= 0.6 is 15.9 Å². The zero-order valence-corrected chi connectivity index (χ0v) is 11.5. The zero-order valence-electron chi connectivity index (χ0n) is 9.87. The number of aromatic nitrogens is 4. The summed E-state index contributed by atoms with van der Waals surface area (Å²) >= 11 is 3.28. The largest absolute Gasteiger partial charge is 0.299 e. The second kappa shape index (κ2) is 4.23. The number of aryl methyl sites for hydroxylation is 1. The normalized spacial score (nSPS) is 14.1. The van der Waals surface area contributed by atoms with Crippen molar-refractivity contribution < 1.29 is 9.59 Å². The van der Waals surface area contributed by atoms with Gasteiger partial charge in [0.15, 0.2) is 5.82 Å². The van der Waals surface area contributed by atoms with Crippen LogP contribution in [0.2, 0.25) is 0 Å². The number of Topliss-reactive ketones (excluding diaryl/α,β-unsaturated/α-hetero) is 1. The lowest BCUT2D eigenvalue weighted by Gasteiger charge is -2.13. The monoisotopic (exact) mass is 321 g/mol. The fourth-order valence-electron chi connectivity index (χ4n) is 1.96. The van der Waals surface area contributed by atoms with Crippen LogP contribution in [0.1, 0.15) is 16.2 Å². The molecule has 0 radical (unpaired) electrons. The van der Waals surface area contributed by atoms with E-state index in [1.165, 1.54) is 9.70 Å². The van der Waals surface area contributed by atoms with Crippen molar-refractivity contribution in [1.29, 1.82) is 0 Å². The fourth-order valence-corrected chi connectivity index (χ4v) is 2.32. The molecular formula is C11H8BrN5O2. The maximum atomic E-state index is 12.0. The molecule has 0 atom stereocenters. The van der Waals surface area contributed by atoms with Crippen LogP contribution in [-0.4, -0.2) is 31.9 Å². The second-order valence-corrected chi connectivity index (χ2v) is 4.99. The number of hydrogen-bond acceptors (Lipinski definition) is 5. The third kappa shape index (κ3) is 1.93. The van der Waals surface area contributed by atoms with Crippen LogP contribution in [0.4, 0.5) is 5.69 Å². The van der Waals surface area contributed by atoms with Crippen molar-refractivity contribution in [2.24, 2.45) is 7.05 Å². The third-order valence-corrected chi connectivity index (χ3v) is 3.28. The molecule has 2 aromatic rings. The molecule has 1 amide bonds. The Hall–Kier alpha value is -2.09. The van der Waals surface area contributed by atoms with Crippen molar-refractivity contribution in [3.8, 4) is 0 Å². The lowest BCUT2D eigenvalue weighted by molar-refractivity contribution is -0.114. The maximum Gasteiger partial charge on any atom is 0.299 e. The summed E-state index contributed by atoms with van der Waals surface area (Å²) in [7, 11) is 1.64. The van der Waals surface area contributed by atoms with E-state index in [4.69, 9.17) is 0 Å². The number of fused-ring (bicyclic) bond motifs is 1. The van der Waals surface area contributed by atoms with E-state index in [0.29, 0.717) is 17.1 Å². The lowest BCUT2D eigenvalue weighted by Crippen LogP contribution is -2.29. The maximum absolute atomic E-state index is 12.0. The number of halogens is 1. The van der Waals surface area contributed by atoms with Crippen molar-refractivity contribution in [2.45, 2.75) is 6.54 Å². The van der Waals surface area contributed by atoms with Crippen LogP contribution in [0, 0.1) is 0 Å². The van der Waals surface area contributed by atoms with E-state index in [0.717, 1.165) is 4.47 Å². The topological polar surface area (TPSA) is 81.0 Å². The molecule has 0 spiro atoms. The van der Waals surface area contributed by atoms with Crippen LogP contribution in [0.5, 0.6) is 0 Å². The number of carbonyl (C=O) groups is 2. The van der Waals surface area contributed by atoms with E-state index >= 15 is 0 Å². The van der Waals surface area contributed by atoms with E-state index < -0.39 is 11.7 Å². The van der Waals surface area contributed by atoms with E-state index in [1.807, 2.05) is 0 Å². The van der Waals surface area contributed by atoms with Gasteiger partial charge in [-0.25, -0.2) is 0 Å². The molecule has 0 saturated heterocycles. The third-order valence-electron chi connectivity index (χ3n) is 2.78. The Morgan fingerprint density at radius 1 is 1.32 bits per heavy atom. The molecule has 1 aromatic carbocycles. The number of anilines is 1. The molecule has 96 valence electrons. The molecule has 7 nitrogen and oxygen atoms in total. The van der Waals surface area contributed by atoms with Crippen LogP contribution in [0.15, 0.2) is 22.7 Å². The standard InChI is InChI=1S/C11H8BrN5O2/c1-16-14-9(13-15-16)5-17-8-3-2-6(12)4-7(8)10(18)11(17)19/h2-4H,5H2,1H3. The Bertz CT molecular complexity index is 696. The van der Waals surface area contributed by atoms with Crippen molar-refractivity contribution in [3.05, 3.63) is 34.1 Å². The van der Waals surface area contributed by atoms with E-state index in [9.17, 15) is 9.59 Å². The predicted octanol–water partition coefficient (Wildman–Crippen LogP) is 0.702. The highest BCUT2D eigenvalue weighted by atomic mass is 79.9. The van der Waals surface area contributed by atoms with Crippen molar-refractivity contribution in [3.63, 3.8) is 0 Å². The Morgan fingerprint density at radius 3 is 2.79 bits per heavy atom. The first kappa shape index (κ1) is 12.0. The second-order valence-electron chi connectivity index (χ2n) is 4.08.